The molecular formula is C19H17Cl2N3O2S. The molecule has 1 aliphatic rings. The summed E-state index contributed by atoms with van der Waals surface area (Å²) in [7, 11) is 2.11. The van der Waals surface area contributed by atoms with Crippen molar-refractivity contribution >= 4 is 45.9 Å². The number of H-pyrrole nitrogens is 1. The Kier molecular flexibility index (Phi) is 5.07. The number of aromatic nitrogens is 2. The summed E-state index contributed by atoms with van der Waals surface area (Å²) < 4.78 is 0. The summed E-state index contributed by atoms with van der Waals surface area (Å²) in [6.45, 7) is 1.09. The third-order valence-electron chi connectivity index (χ3n) is 4.83. The Morgan fingerprint density at radius 1 is 1.33 bits per heavy atom. The maximum Gasteiger partial charge on any atom is 0.266 e. The van der Waals surface area contributed by atoms with Gasteiger partial charge in [0, 0.05) is 17.3 Å². The van der Waals surface area contributed by atoms with E-state index in [4.69, 9.17) is 23.2 Å². The monoisotopic (exact) mass is 421 g/mol. The number of nitrogens with one attached hydrogen (secondary N) is 1. The van der Waals surface area contributed by atoms with Crippen LogP contribution in [-0.4, -0.2) is 33.6 Å². The van der Waals surface area contributed by atoms with Gasteiger partial charge in [0.05, 0.1) is 15.9 Å². The van der Waals surface area contributed by atoms with Gasteiger partial charge in [-0.1, -0.05) is 41.0 Å². The van der Waals surface area contributed by atoms with Gasteiger partial charge in [-0.05, 0) is 50.2 Å². The molecule has 1 saturated heterocycles. The first-order chi connectivity index (χ1) is 12.9. The Morgan fingerprint density at radius 3 is 2.81 bits per heavy atom. The molecule has 2 N–H and O–H groups in total. The van der Waals surface area contributed by atoms with E-state index < -0.39 is 5.56 Å². The number of benzene rings is 1. The van der Waals surface area contributed by atoms with Crippen molar-refractivity contribution in [3.8, 4) is 5.75 Å². The molecule has 2 aromatic heterocycles. The normalized spacial score (nSPS) is 17.7. The van der Waals surface area contributed by atoms with E-state index in [1.807, 2.05) is 18.3 Å². The molecule has 140 valence electrons. The van der Waals surface area contributed by atoms with Crippen molar-refractivity contribution in [2.75, 3.05) is 13.6 Å². The first kappa shape index (κ1) is 18.6. The number of nitrogens with zero attached hydrogens (tertiary/aromatic N) is 2. The molecule has 0 saturated carbocycles. The fourth-order valence-corrected chi connectivity index (χ4v) is 4.87. The number of aromatic hydroxyl groups is 1. The van der Waals surface area contributed by atoms with Crippen LogP contribution in [0.1, 0.15) is 24.4 Å². The van der Waals surface area contributed by atoms with Gasteiger partial charge < -0.3 is 10.1 Å². The standard InChI is InChI=1S/C19H17Cl2N3O2S/c1-24-6-2-3-14(24)10-4-5-15(22-9-10)27-18-17(25)16-12(21)7-11(20)8-13(16)23-19(18)26/h4-5,7-9,14H,2-3,6H2,1H3,(H2,23,25,26)/t14-/m0/s1. The van der Waals surface area contributed by atoms with Gasteiger partial charge in [0.1, 0.15) is 15.7 Å². The van der Waals surface area contributed by atoms with Crippen LogP contribution in [0.5, 0.6) is 5.75 Å². The molecular weight excluding hydrogens is 405 g/mol. The Balaban J connectivity index is 1.68. The number of fused-ring (bicyclic) bond motifs is 1. The molecule has 3 aromatic rings. The van der Waals surface area contributed by atoms with Gasteiger partial charge in [0.15, 0.2) is 0 Å². The van der Waals surface area contributed by atoms with Gasteiger partial charge in [-0.15, -0.1) is 0 Å². The molecule has 1 aliphatic heterocycles. The Morgan fingerprint density at radius 2 is 2.15 bits per heavy atom. The molecule has 0 amide bonds. The smallest absolute Gasteiger partial charge is 0.266 e. The lowest BCUT2D eigenvalue weighted by Crippen LogP contribution is -2.17. The molecule has 1 fully saturated rings. The molecule has 1 aromatic carbocycles. The van der Waals surface area contributed by atoms with Gasteiger partial charge in [-0.3, -0.25) is 9.69 Å². The van der Waals surface area contributed by atoms with Crippen molar-refractivity contribution in [1.29, 1.82) is 0 Å². The highest BCUT2D eigenvalue weighted by Gasteiger charge is 2.23. The molecule has 1 atom stereocenters. The van der Waals surface area contributed by atoms with E-state index in [1.54, 1.807) is 6.07 Å². The highest BCUT2D eigenvalue weighted by molar-refractivity contribution is 7.99. The second-order valence-electron chi connectivity index (χ2n) is 6.61. The van der Waals surface area contributed by atoms with Gasteiger partial charge in [-0.25, -0.2) is 4.98 Å². The maximum absolute atomic E-state index is 12.4. The predicted octanol–water partition coefficient (Wildman–Crippen LogP) is 4.85. The van der Waals surface area contributed by atoms with E-state index in [-0.39, 0.29) is 15.7 Å². The number of rotatable bonds is 3. The summed E-state index contributed by atoms with van der Waals surface area (Å²) in [6, 6.07) is 7.38. The third kappa shape index (κ3) is 3.55. The molecule has 0 radical (unpaired) electrons. The molecule has 5 nitrogen and oxygen atoms in total. The van der Waals surface area contributed by atoms with Gasteiger partial charge in [0.25, 0.3) is 5.56 Å². The summed E-state index contributed by atoms with van der Waals surface area (Å²) in [5.74, 6) is -0.165. The summed E-state index contributed by atoms with van der Waals surface area (Å²) in [6.07, 6.45) is 4.15. The number of pyridine rings is 2. The SMILES string of the molecule is CN1CCC[C@H]1c1ccc(Sc2c(O)c3c(Cl)cc(Cl)cc3[nH]c2=O)nc1. The predicted molar refractivity (Wildman–Crippen MR) is 109 cm³/mol. The number of halogens is 2. The van der Waals surface area contributed by atoms with Gasteiger partial charge >= 0.3 is 0 Å². The zero-order valence-electron chi connectivity index (χ0n) is 14.5. The van der Waals surface area contributed by atoms with Crippen molar-refractivity contribution in [3.05, 3.63) is 56.4 Å². The van der Waals surface area contributed by atoms with Crippen molar-refractivity contribution in [2.24, 2.45) is 0 Å². The van der Waals surface area contributed by atoms with E-state index in [9.17, 15) is 9.90 Å². The van der Waals surface area contributed by atoms with E-state index in [2.05, 4.69) is 21.9 Å². The van der Waals surface area contributed by atoms with Gasteiger partial charge in [-0.2, -0.15) is 0 Å². The van der Waals surface area contributed by atoms with Crippen LogP contribution in [0.3, 0.4) is 0 Å². The molecule has 3 heterocycles. The second-order valence-corrected chi connectivity index (χ2v) is 8.49. The van der Waals surface area contributed by atoms with Crippen LogP contribution in [-0.2, 0) is 0 Å². The summed E-state index contributed by atoms with van der Waals surface area (Å²) in [4.78, 5) is 22.1. The maximum atomic E-state index is 12.4. The minimum absolute atomic E-state index is 0.157. The van der Waals surface area contributed by atoms with Crippen LogP contribution >= 0.6 is 35.0 Å². The number of hydrogen-bond acceptors (Lipinski definition) is 5. The Labute approximate surface area is 170 Å². The Bertz CT molecular complexity index is 1070. The molecule has 0 bridgehead atoms. The summed E-state index contributed by atoms with van der Waals surface area (Å²) in [5, 5.41) is 12.3. The zero-order chi connectivity index (χ0) is 19.1. The van der Waals surface area contributed by atoms with E-state index in [1.165, 1.54) is 12.5 Å². The van der Waals surface area contributed by atoms with Crippen molar-refractivity contribution in [2.45, 2.75) is 28.8 Å². The van der Waals surface area contributed by atoms with E-state index >= 15 is 0 Å². The number of hydrogen-bond donors (Lipinski definition) is 2. The second kappa shape index (κ2) is 7.36. The minimum Gasteiger partial charge on any atom is -0.506 e. The largest absolute Gasteiger partial charge is 0.506 e. The van der Waals surface area contributed by atoms with Gasteiger partial charge in [0.2, 0.25) is 0 Å². The number of aromatic amines is 1. The van der Waals surface area contributed by atoms with Crippen LogP contribution in [0.4, 0.5) is 0 Å². The highest BCUT2D eigenvalue weighted by Crippen LogP contribution is 2.39. The van der Waals surface area contributed by atoms with Crippen molar-refractivity contribution < 1.29 is 5.11 Å². The average Bonchev–Trinajstić information content (AvgIpc) is 3.04. The lowest BCUT2D eigenvalue weighted by Gasteiger charge is -2.19. The first-order valence-corrected chi connectivity index (χ1v) is 10.1. The molecule has 27 heavy (non-hydrogen) atoms. The van der Waals surface area contributed by atoms with E-state index in [0.29, 0.717) is 27.0 Å². The quantitative estimate of drug-likeness (QED) is 0.632. The minimum atomic E-state index is -0.412. The summed E-state index contributed by atoms with van der Waals surface area (Å²) in [5.41, 5.74) is 1.14. The molecule has 0 aliphatic carbocycles. The fourth-order valence-electron chi connectivity index (χ4n) is 3.49. The highest BCUT2D eigenvalue weighted by atomic mass is 35.5. The van der Waals surface area contributed by atoms with Crippen LogP contribution in [0.2, 0.25) is 10.0 Å². The van der Waals surface area contributed by atoms with Crippen LogP contribution < -0.4 is 5.56 Å². The zero-order valence-corrected chi connectivity index (χ0v) is 16.8. The van der Waals surface area contributed by atoms with Crippen molar-refractivity contribution in [1.82, 2.24) is 14.9 Å². The fraction of sp³-hybridized carbons (Fsp3) is 0.263. The molecule has 4 rings (SSSR count). The summed E-state index contributed by atoms with van der Waals surface area (Å²) >= 11 is 13.3. The van der Waals surface area contributed by atoms with Crippen molar-refractivity contribution in [3.63, 3.8) is 0 Å². The molecule has 0 unspecified atom stereocenters. The number of likely N-dealkylation sites (tertiary alicyclic amines) is 1. The lowest BCUT2D eigenvalue weighted by molar-refractivity contribution is 0.317. The lowest BCUT2D eigenvalue weighted by atomic mass is 10.1. The Hall–Kier alpha value is -1.73. The van der Waals surface area contributed by atoms with Crippen LogP contribution in [0, 0.1) is 0 Å². The van der Waals surface area contributed by atoms with Crippen LogP contribution in [0.15, 0.2) is 45.2 Å². The van der Waals surface area contributed by atoms with E-state index in [0.717, 1.165) is 30.3 Å². The van der Waals surface area contributed by atoms with Crippen LogP contribution in [0.25, 0.3) is 10.9 Å². The average molecular weight is 422 g/mol. The molecule has 0 spiro atoms. The third-order valence-corrected chi connectivity index (χ3v) is 6.38. The molecule has 8 heteroatoms. The first-order valence-electron chi connectivity index (χ1n) is 8.52. The topological polar surface area (TPSA) is 69.2 Å².